The standard InChI is InChI=1S/C13H14O2/c14-8-5-11-3-1-2-4-13(11)12-6-9-15-10-7-12/h1-4,6,8H,5,7,9-10H2. The summed E-state index contributed by atoms with van der Waals surface area (Å²) in [5.41, 5.74) is 3.62. The highest BCUT2D eigenvalue weighted by atomic mass is 16.5. The Bertz CT molecular complexity index is 380. The Morgan fingerprint density at radius 3 is 2.93 bits per heavy atom. The van der Waals surface area contributed by atoms with Crippen molar-refractivity contribution in [1.29, 1.82) is 0 Å². The van der Waals surface area contributed by atoms with Gasteiger partial charge in [-0.15, -0.1) is 0 Å². The van der Waals surface area contributed by atoms with Crippen molar-refractivity contribution in [2.24, 2.45) is 0 Å². The van der Waals surface area contributed by atoms with E-state index in [1.54, 1.807) is 0 Å². The van der Waals surface area contributed by atoms with E-state index >= 15 is 0 Å². The molecule has 0 fully saturated rings. The van der Waals surface area contributed by atoms with Gasteiger partial charge in [-0.05, 0) is 23.1 Å². The van der Waals surface area contributed by atoms with Gasteiger partial charge in [0.2, 0.25) is 0 Å². The largest absolute Gasteiger partial charge is 0.377 e. The molecule has 1 aliphatic heterocycles. The fourth-order valence-corrected chi connectivity index (χ4v) is 1.87. The Balaban J connectivity index is 2.33. The van der Waals surface area contributed by atoms with E-state index < -0.39 is 0 Å². The van der Waals surface area contributed by atoms with Gasteiger partial charge in [-0.25, -0.2) is 0 Å². The molecule has 0 saturated carbocycles. The predicted molar refractivity (Wildman–Crippen MR) is 59.6 cm³/mol. The molecule has 0 N–H and O–H groups in total. The van der Waals surface area contributed by atoms with Gasteiger partial charge in [0.25, 0.3) is 0 Å². The molecule has 1 aromatic rings. The zero-order chi connectivity index (χ0) is 10.5. The summed E-state index contributed by atoms with van der Waals surface area (Å²) >= 11 is 0. The monoisotopic (exact) mass is 202 g/mol. The maximum Gasteiger partial charge on any atom is 0.124 e. The Kier molecular flexibility index (Phi) is 3.30. The molecule has 0 amide bonds. The molecular weight excluding hydrogens is 188 g/mol. The van der Waals surface area contributed by atoms with Crippen LogP contribution in [0.4, 0.5) is 0 Å². The van der Waals surface area contributed by atoms with E-state index in [0.717, 1.165) is 24.9 Å². The summed E-state index contributed by atoms with van der Waals surface area (Å²) < 4.78 is 5.28. The van der Waals surface area contributed by atoms with Crippen molar-refractivity contribution in [1.82, 2.24) is 0 Å². The third-order valence-corrected chi connectivity index (χ3v) is 2.63. The molecule has 2 rings (SSSR count). The van der Waals surface area contributed by atoms with E-state index in [1.165, 1.54) is 11.1 Å². The quantitative estimate of drug-likeness (QED) is 0.702. The van der Waals surface area contributed by atoms with E-state index in [2.05, 4.69) is 12.1 Å². The Morgan fingerprint density at radius 2 is 2.20 bits per heavy atom. The molecule has 0 unspecified atom stereocenters. The molecule has 0 saturated heterocycles. The molecule has 0 bridgehead atoms. The first-order valence-electron chi connectivity index (χ1n) is 5.20. The van der Waals surface area contributed by atoms with Crippen LogP contribution in [0.15, 0.2) is 30.3 Å². The molecule has 0 spiro atoms. The van der Waals surface area contributed by atoms with Gasteiger partial charge in [-0.1, -0.05) is 30.3 Å². The molecule has 0 aromatic heterocycles. The van der Waals surface area contributed by atoms with Gasteiger partial charge in [0.1, 0.15) is 6.29 Å². The number of ether oxygens (including phenoxy) is 1. The molecule has 2 nitrogen and oxygen atoms in total. The van der Waals surface area contributed by atoms with Crippen LogP contribution in [0.5, 0.6) is 0 Å². The average Bonchev–Trinajstić information content (AvgIpc) is 2.31. The number of rotatable bonds is 3. The van der Waals surface area contributed by atoms with Crippen molar-refractivity contribution in [3.8, 4) is 0 Å². The first-order chi connectivity index (χ1) is 7.42. The fourth-order valence-electron chi connectivity index (χ4n) is 1.87. The van der Waals surface area contributed by atoms with Gasteiger partial charge in [0.15, 0.2) is 0 Å². The summed E-state index contributed by atoms with van der Waals surface area (Å²) in [7, 11) is 0. The lowest BCUT2D eigenvalue weighted by Gasteiger charge is -2.16. The molecule has 0 radical (unpaired) electrons. The third kappa shape index (κ3) is 2.34. The van der Waals surface area contributed by atoms with Gasteiger partial charge in [-0.3, -0.25) is 0 Å². The number of carbonyl (C=O) groups is 1. The highest BCUT2D eigenvalue weighted by Gasteiger charge is 2.09. The SMILES string of the molecule is O=CCc1ccccc1C1=CCOCC1. The minimum atomic E-state index is 0.494. The summed E-state index contributed by atoms with van der Waals surface area (Å²) in [6, 6.07) is 8.08. The van der Waals surface area contributed by atoms with Crippen LogP contribution >= 0.6 is 0 Å². The average molecular weight is 202 g/mol. The Morgan fingerprint density at radius 1 is 1.33 bits per heavy atom. The number of benzene rings is 1. The van der Waals surface area contributed by atoms with Gasteiger partial charge < -0.3 is 9.53 Å². The molecule has 2 heteroatoms. The van der Waals surface area contributed by atoms with Crippen molar-refractivity contribution in [2.75, 3.05) is 13.2 Å². The smallest absolute Gasteiger partial charge is 0.124 e. The zero-order valence-corrected chi connectivity index (χ0v) is 8.61. The third-order valence-electron chi connectivity index (χ3n) is 2.63. The molecule has 0 aliphatic carbocycles. The second-order valence-corrected chi connectivity index (χ2v) is 3.58. The maximum atomic E-state index is 10.6. The van der Waals surface area contributed by atoms with Crippen molar-refractivity contribution in [3.63, 3.8) is 0 Å². The Labute approximate surface area is 89.6 Å². The van der Waals surface area contributed by atoms with Crippen LogP contribution in [0, 0.1) is 0 Å². The van der Waals surface area contributed by atoms with Crippen LogP contribution in [0.3, 0.4) is 0 Å². The van der Waals surface area contributed by atoms with Crippen LogP contribution < -0.4 is 0 Å². The van der Waals surface area contributed by atoms with Crippen LogP contribution in [-0.2, 0) is 16.0 Å². The maximum absolute atomic E-state index is 10.6. The van der Waals surface area contributed by atoms with Crippen LogP contribution in [0.2, 0.25) is 0 Å². The molecule has 1 aromatic carbocycles. The predicted octanol–water partition coefficient (Wildman–Crippen LogP) is 2.23. The van der Waals surface area contributed by atoms with Gasteiger partial charge in [-0.2, -0.15) is 0 Å². The molecule has 1 heterocycles. The summed E-state index contributed by atoms with van der Waals surface area (Å²) in [5, 5.41) is 0. The van der Waals surface area contributed by atoms with Crippen molar-refractivity contribution in [3.05, 3.63) is 41.5 Å². The van der Waals surface area contributed by atoms with E-state index in [1.807, 2.05) is 18.2 Å². The van der Waals surface area contributed by atoms with Crippen LogP contribution in [-0.4, -0.2) is 19.5 Å². The van der Waals surface area contributed by atoms with Crippen LogP contribution in [0.25, 0.3) is 5.57 Å². The van der Waals surface area contributed by atoms with Gasteiger partial charge >= 0.3 is 0 Å². The minimum absolute atomic E-state index is 0.494. The molecular formula is C13H14O2. The minimum Gasteiger partial charge on any atom is -0.377 e. The van der Waals surface area contributed by atoms with Crippen molar-refractivity contribution < 1.29 is 9.53 Å². The van der Waals surface area contributed by atoms with E-state index in [0.29, 0.717) is 13.0 Å². The lowest BCUT2D eigenvalue weighted by Crippen LogP contribution is -2.05. The van der Waals surface area contributed by atoms with Crippen molar-refractivity contribution >= 4 is 11.9 Å². The van der Waals surface area contributed by atoms with E-state index in [-0.39, 0.29) is 0 Å². The summed E-state index contributed by atoms with van der Waals surface area (Å²) in [6.07, 6.45) is 4.50. The van der Waals surface area contributed by atoms with Gasteiger partial charge in [0, 0.05) is 6.42 Å². The van der Waals surface area contributed by atoms with Crippen LogP contribution in [0.1, 0.15) is 17.5 Å². The molecule has 15 heavy (non-hydrogen) atoms. The fraction of sp³-hybridized carbons (Fsp3) is 0.308. The van der Waals surface area contributed by atoms with E-state index in [4.69, 9.17) is 4.74 Å². The van der Waals surface area contributed by atoms with E-state index in [9.17, 15) is 4.79 Å². The summed E-state index contributed by atoms with van der Waals surface area (Å²) in [6.45, 7) is 1.46. The topological polar surface area (TPSA) is 26.3 Å². The second kappa shape index (κ2) is 4.89. The summed E-state index contributed by atoms with van der Waals surface area (Å²) in [4.78, 5) is 10.6. The number of aldehydes is 1. The number of carbonyl (C=O) groups excluding carboxylic acids is 1. The number of hydrogen-bond acceptors (Lipinski definition) is 2. The zero-order valence-electron chi connectivity index (χ0n) is 8.61. The first-order valence-corrected chi connectivity index (χ1v) is 5.20. The molecule has 0 atom stereocenters. The summed E-state index contributed by atoms with van der Waals surface area (Å²) in [5.74, 6) is 0. The Hall–Kier alpha value is -1.41. The highest BCUT2D eigenvalue weighted by Crippen LogP contribution is 2.24. The normalized spacial score (nSPS) is 15.9. The second-order valence-electron chi connectivity index (χ2n) is 3.58. The molecule has 1 aliphatic rings. The number of hydrogen-bond donors (Lipinski definition) is 0. The highest BCUT2D eigenvalue weighted by molar-refractivity contribution is 5.71. The first kappa shape index (κ1) is 10.1. The van der Waals surface area contributed by atoms with Crippen molar-refractivity contribution in [2.45, 2.75) is 12.8 Å². The lowest BCUT2D eigenvalue weighted by atomic mass is 9.95. The van der Waals surface area contributed by atoms with Gasteiger partial charge in [0.05, 0.1) is 13.2 Å². The molecule has 78 valence electrons. The lowest BCUT2D eigenvalue weighted by molar-refractivity contribution is -0.107.